The SMILES string of the molecule is O=c1[nH]cc(-c2cnc(NCC3Cc4cc(F)c(F)cc4C3)nc2)[nH]1. The predicted octanol–water partition coefficient (Wildman–Crippen LogP) is 2.27. The van der Waals surface area contributed by atoms with Crippen LogP contribution in [0.15, 0.2) is 35.5 Å². The maximum atomic E-state index is 13.3. The van der Waals surface area contributed by atoms with E-state index in [2.05, 4.69) is 25.3 Å². The zero-order valence-electron chi connectivity index (χ0n) is 13.1. The molecule has 1 aromatic carbocycles. The maximum Gasteiger partial charge on any atom is 0.323 e. The van der Waals surface area contributed by atoms with Gasteiger partial charge in [-0.15, -0.1) is 0 Å². The van der Waals surface area contributed by atoms with E-state index in [4.69, 9.17) is 0 Å². The third kappa shape index (κ3) is 3.15. The lowest BCUT2D eigenvalue weighted by atomic mass is 10.1. The predicted molar refractivity (Wildman–Crippen MR) is 88.2 cm³/mol. The van der Waals surface area contributed by atoms with Crippen LogP contribution in [-0.4, -0.2) is 26.5 Å². The van der Waals surface area contributed by atoms with Crippen molar-refractivity contribution in [2.75, 3.05) is 11.9 Å². The van der Waals surface area contributed by atoms with Crippen LogP contribution in [0.25, 0.3) is 11.3 Å². The molecule has 4 rings (SSSR count). The summed E-state index contributed by atoms with van der Waals surface area (Å²) in [5, 5.41) is 3.15. The molecule has 3 N–H and O–H groups in total. The normalized spacial score (nSPS) is 13.8. The van der Waals surface area contributed by atoms with Gasteiger partial charge in [-0.3, -0.25) is 0 Å². The lowest BCUT2D eigenvalue weighted by Gasteiger charge is -2.10. The Labute approximate surface area is 141 Å². The van der Waals surface area contributed by atoms with Gasteiger partial charge in [-0.25, -0.2) is 23.5 Å². The van der Waals surface area contributed by atoms with Crippen LogP contribution in [0, 0.1) is 17.6 Å². The van der Waals surface area contributed by atoms with Gasteiger partial charge in [0.1, 0.15) is 0 Å². The van der Waals surface area contributed by atoms with E-state index in [9.17, 15) is 13.6 Å². The smallest absolute Gasteiger partial charge is 0.323 e. The number of nitrogens with zero attached hydrogens (tertiary/aromatic N) is 2. The summed E-state index contributed by atoms with van der Waals surface area (Å²) in [7, 11) is 0. The number of imidazole rings is 1. The average molecular weight is 343 g/mol. The van der Waals surface area contributed by atoms with Crippen molar-refractivity contribution >= 4 is 5.95 Å². The molecule has 0 saturated carbocycles. The summed E-state index contributed by atoms with van der Waals surface area (Å²) in [5.74, 6) is -0.890. The van der Waals surface area contributed by atoms with Crippen molar-refractivity contribution in [1.82, 2.24) is 19.9 Å². The maximum absolute atomic E-state index is 13.3. The van der Waals surface area contributed by atoms with Gasteiger partial charge in [0.15, 0.2) is 11.6 Å². The summed E-state index contributed by atoms with van der Waals surface area (Å²) >= 11 is 0. The van der Waals surface area contributed by atoms with E-state index in [1.54, 1.807) is 18.6 Å². The van der Waals surface area contributed by atoms with E-state index >= 15 is 0 Å². The third-order valence-corrected chi connectivity index (χ3v) is 4.37. The molecule has 2 aromatic heterocycles. The number of anilines is 1. The molecular weight excluding hydrogens is 328 g/mol. The minimum absolute atomic E-state index is 0.237. The van der Waals surface area contributed by atoms with Gasteiger partial charge in [-0.2, -0.15) is 0 Å². The molecule has 1 aliphatic rings. The molecule has 0 spiro atoms. The standard InChI is InChI=1S/C17H15F2N5O/c18-13-3-10-1-9(2-11(10)4-14(13)19)5-20-16-21-6-12(7-22-16)15-8-23-17(25)24-15/h3-4,6-9H,1-2,5H2,(H,20,21,22)(H2,23,24,25). The van der Waals surface area contributed by atoms with E-state index in [-0.39, 0.29) is 11.6 Å². The summed E-state index contributed by atoms with van der Waals surface area (Å²) in [5.41, 5.74) is 2.75. The molecule has 8 heteroatoms. The van der Waals surface area contributed by atoms with Crippen LogP contribution in [-0.2, 0) is 12.8 Å². The Kier molecular flexibility index (Phi) is 3.79. The topological polar surface area (TPSA) is 86.5 Å². The van der Waals surface area contributed by atoms with Gasteiger partial charge in [-0.05, 0) is 42.0 Å². The van der Waals surface area contributed by atoms with Crippen molar-refractivity contribution in [2.24, 2.45) is 5.92 Å². The van der Waals surface area contributed by atoms with Crippen LogP contribution >= 0.6 is 0 Å². The number of nitrogens with one attached hydrogen (secondary N) is 3. The summed E-state index contributed by atoms with van der Waals surface area (Å²) < 4.78 is 26.6. The van der Waals surface area contributed by atoms with Crippen LogP contribution in [0.4, 0.5) is 14.7 Å². The number of hydrogen-bond acceptors (Lipinski definition) is 4. The van der Waals surface area contributed by atoms with E-state index in [0.717, 1.165) is 11.1 Å². The first-order valence-electron chi connectivity index (χ1n) is 7.89. The second-order valence-corrected chi connectivity index (χ2v) is 6.14. The van der Waals surface area contributed by atoms with Crippen LogP contribution < -0.4 is 11.0 Å². The van der Waals surface area contributed by atoms with Crippen LogP contribution in [0.1, 0.15) is 11.1 Å². The molecule has 0 unspecified atom stereocenters. The first-order valence-corrected chi connectivity index (χ1v) is 7.89. The van der Waals surface area contributed by atoms with Crippen LogP contribution in [0.2, 0.25) is 0 Å². The molecule has 2 heterocycles. The fourth-order valence-electron chi connectivity index (χ4n) is 3.13. The fraction of sp³-hybridized carbons (Fsp3) is 0.235. The molecule has 25 heavy (non-hydrogen) atoms. The molecule has 128 valence electrons. The number of hydrogen-bond donors (Lipinski definition) is 3. The molecule has 0 fully saturated rings. The average Bonchev–Trinajstić information content (AvgIpc) is 3.20. The minimum atomic E-state index is -0.797. The van der Waals surface area contributed by atoms with Gasteiger partial charge in [0.25, 0.3) is 0 Å². The Morgan fingerprint density at radius 1 is 1.12 bits per heavy atom. The number of halogens is 2. The summed E-state index contributed by atoms with van der Waals surface area (Å²) in [6, 6.07) is 2.57. The highest BCUT2D eigenvalue weighted by Crippen LogP contribution is 2.28. The zero-order valence-corrected chi connectivity index (χ0v) is 13.1. The second-order valence-electron chi connectivity index (χ2n) is 6.14. The highest BCUT2D eigenvalue weighted by Gasteiger charge is 2.23. The van der Waals surface area contributed by atoms with Gasteiger partial charge in [-0.1, -0.05) is 0 Å². The van der Waals surface area contributed by atoms with Crippen molar-refractivity contribution in [1.29, 1.82) is 0 Å². The van der Waals surface area contributed by atoms with Gasteiger partial charge >= 0.3 is 5.69 Å². The quantitative estimate of drug-likeness (QED) is 0.678. The van der Waals surface area contributed by atoms with Crippen LogP contribution in [0.3, 0.4) is 0 Å². The fourth-order valence-corrected chi connectivity index (χ4v) is 3.13. The number of benzene rings is 1. The van der Waals surface area contributed by atoms with Gasteiger partial charge < -0.3 is 15.3 Å². The Morgan fingerprint density at radius 2 is 1.76 bits per heavy atom. The summed E-state index contributed by atoms with van der Waals surface area (Å²) in [4.78, 5) is 24.7. The molecule has 0 bridgehead atoms. The first-order chi connectivity index (χ1) is 12.1. The van der Waals surface area contributed by atoms with Gasteiger partial charge in [0.05, 0.1) is 5.69 Å². The van der Waals surface area contributed by atoms with Crippen LogP contribution in [0.5, 0.6) is 0 Å². The molecule has 0 atom stereocenters. The molecular formula is C17H15F2N5O. The van der Waals surface area contributed by atoms with Crippen molar-refractivity contribution in [3.63, 3.8) is 0 Å². The Morgan fingerprint density at radius 3 is 2.32 bits per heavy atom. The highest BCUT2D eigenvalue weighted by atomic mass is 19.2. The first kappa shape index (κ1) is 15.5. The number of rotatable bonds is 4. The van der Waals surface area contributed by atoms with Gasteiger partial charge in [0, 0.05) is 30.7 Å². The lowest BCUT2D eigenvalue weighted by Crippen LogP contribution is -2.16. The third-order valence-electron chi connectivity index (χ3n) is 4.37. The van der Waals surface area contributed by atoms with E-state index in [0.29, 0.717) is 36.6 Å². The van der Waals surface area contributed by atoms with E-state index < -0.39 is 11.6 Å². The highest BCUT2D eigenvalue weighted by molar-refractivity contribution is 5.56. The summed E-state index contributed by atoms with van der Waals surface area (Å²) in [6.45, 7) is 0.609. The molecule has 0 amide bonds. The summed E-state index contributed by atoms with van der Waals surface area (Å²) in [6.07, 6.45) is 6.18. The van der Waals surface area contributed by atoms with Crippen molar-refractivity contribution < 1.29 is 8.78 Å². The van der Waals surface area contributed by atoms with Crippen molar-refractivity contribution in [2.45, 2.75) is 12.8 Å². The Hall–Kier alpha value is -3.03. The second kappa shape index (κ2) is 6.12. The zero-order chi connectivity index (χ0) is 17.4. The molecule has 0 radical (unpaired) electrons. The number of H-pyrrole nitrogens is 2. The minimum Gasteiger partial charge on any atom is -0.354 e. The van der Waals surface area contributed by atoms with Crippen molar-refractivity contribution in [3.8, 4) is 11.3 Å². The van der Waals surface area contributed by atoms with E-state index in [1.807, 2.05) is 0 Å². The largest absolute Gasteiger partial charge is 0.354 e. The Bertz CT molecular complexity index is 933. The molecule has 0 saturated heterocycles. The number of aromatic amines is 2. The number of aromatic nitrogens is 4. The molecule has 0 aliphatic heterocycles. The molecule has 1 aliphatic carbocycles. The molecule has 3 aromatic rings. The van der Waals surface area contributed by atoms with Gasteiger partial charge in [0.2, 0.25) is 5.95 Å². The lowest BCUT2D eigenvalue weighted by molar-refractivity contribution is 0.507. The monoisotopic (exact) mass is 343 g/mol. The van der Waals surface area contributed by atoms with Crippen molar-refractivity contribution in [3.05, 3.63) is 64.0 Å². The number of fused-ring (bicyclic) bond motifs is 1. The molecule has 6 nitrogen and oxygen atoms in total. The Balaban J connectivity index is 1.38. The van der Waals surface area contributed by atoms with E-state index in [1.165, 1.54) is 12.1 Å².